The lowest BCUT2D eigenvalue weighted by molar-refractivity contribution is -0.117. The smallest absolute Gasteiger partial charge is 0.244 e. The SMILES string of the molecule is CC(C)C(O)CNC(=O)/C=C/c1cccnc1. The molecule has 1 unspecified atom stereocenters. The first kappa shape index (κ1) is 13.4. The van der Waals surface area contributed by atoms with Crippen LogP contribution in [0.5, 0.6) is 0 Å². The molecule has 4 nitrogen and oxygen atoms in total. The molecule has 4 heteroatoms. The summed E-state index contributed by atoms with van der Waals surface area (Å²) in [5, 5.41) is 12.1. The number of hydrogen-bond acceptors (Lipinski definition) is 3. The van der Waals surface area contributed by atoms with Crippen LogP contribution in [0.15, 0.2) is 30.6 Å². The van der Waals surface area contributed by atoms with Crippen molar-refractivity contribution >= 4 is 12.0 Å². The van der Waals surface area contributed by atoms with Gasteiger partial charge in [0, 0.05) is 25.0 Å². The molecule has 1 aromatic rings. The van der Waals surface area contributed by atoms with Gasteiger partial charge < -0.3 is 10.4 Å². The molecule has 2 N–H and O–H groups in total. The number of aliphatic hydroxyl groups excluding tert-OH is 1. The third kappa shape index (κ3) is 5.26. The molecule has 0 aliphatic rings. The highest BCUT2D eigenvalue weighted by Crippen LogP contribution is 2.00. The van der Waals surface area contributed by atoms with Crippen LogP contribution in [0.25, 0.3) is 6.08 Å². The molecule has 0 radical (unpaired) electrons. The molecule has 1 rings (SSSR count). The van der Waals surface area contributed by atoms with Crippen molar-refractivity contribution in [2.75, 3.05) is 6.54 Å². The van der Waals surface area contributed by atoms with E-state index in [1.165, 1.54) is 6.08 Å². The van der Waals surface area contributed by atoms with Crippen molar-refractivity contribution < 1.29 is 9.90 Å². The Morgan fingerprint density at radius 1 is 1.59 bits per heavy atom. The number of pyridine rings is 1. The van der Waals surface area contributed by atoms with E-state index in [0.717, 1.165) is 5.56 Å². The highest BCUT2D eigenvalue weighted by Gasteiger charge is 2.09. The number of rotatable bonds is 5. The molecule has 0 aromatic carbocycles. The Hall–Kier alpha value is -1.68. The third-order valence-corrected chi connectivity index (χ3v) is 2.37. The first-order valence-electron chi connectivity index (χ1n) is 5.63. The van der Waals surface area contributed by atoms with Crippen molar-refractivity contribution in [1.29, 1.82) is 0 Å². The minimum Gasteiger partial charge on any atom is -0.391 e. The first-order valence-corrected chi connectivity index (χ1v) is 5.63. The molecule has 0 saturated heterocycles. The van der Waals surface area contributed by atoms with Gasteiger partial charge in [-0.1, -0.05) is 19.9 Å². The van der Waals surface area contributed by atoms with Crippen LogP contribution < -0.4 is 5.32 Å². The molecule has 92 valence electrons. The second kappa shape index (κ2) is 6.81. The summed E-state index contributed by atoms with van der Waals surface area (Å²) in [7, 11) is 0. The molecule has 0 aliphatic carbocycles. The van der Waals surface area contributed by atoms with Gasteiger partial charge in [0.1, 0.15) is 0 Å². The number of carbonyl (C=O) groups is 1. The maximum atomic E-state index is 11.4. The van der Waals surface area contributed by atoms with Gasteiger partial charge in [0.25, 0.3) is 0 Å². The van der Waals surface area contributed by atoms with E-state index in [1.807, 2.05) is 19.9 Å². The summed E-state index contributed by atoms with van der Waals surface area (Å²) in [5.74, 6) is -0.0776. The lowest BCUT2D eigenvalue weighted by Crippen LogP contribution is -2.33. The normalized spacial score (nSPS) is 12.9. The van der Waals surface area contributed by atoms with Crippen LogP contribution in [0.2, 0.25) is 0 Å². The minimum absolute atomic E-state index is 0.137. The third-order valence-electron chi connectivity index (χ3n) is 2.37. The summed E-state index contributed by atoms with van der Waals surface area (Å²) in [6, 6.07) is 3.67. The number of aromatic nitrogens is 1. The Kier molecular flexibility index (Phi) is 5.36. The van der Waals surface area contributed by atoms with Crippen molar-refractivity contribution in [1.82, 2.24) is 10.3 Å². The van der Waals surface area contributed by atoms with Crippen molar-refractivity contribution in [3.8, 4) is 0 Å². The van der Waals surface area contributed by atoms with Crippen LogP contribution in [-0.2, 0) is 4.79 Å². The van der Waals surface area contributed by atoms with E-state index in [4.69, 9.17) is 0 Å². The summed E-state index contributed by atoms with van der Waals surface area (Å²) in [4.78, 5) is 15.4. The maximum absolute atomic E-state index is 11.4. The fraction of sp³-hybridized carbons (Fsp3) is 0.385. The number of hydrogen-bond donors (Lipinski definition) is 2. The maximum Gasteiger partial charge on any atom is 0.244 e. The predicted molar refractivity (Wildman–Crippen MR) is 67.1 cm³/mol. The van der Waals surface area contributed by atoms with Crippen LogP contribution in [0, 0.1) is 5.92 Å². The molecule has 0 bridgehead atoms. The summed E-state index contributed by atoms with van der Waals surface area (Å²) < 4.78 is 0. The van der Waals surface area contributed by atoms with E-state index in [1.54, 1.807) is 24.5 Å². The molecule has 17 heavy (non-hydrogen) atoms. The van der Waals surface area contributed by atoms with Crippen LogP contribution in [0.1, 0.15) is 19.4 Å². The number of carbonyl (C=O) groups excluding carboxylic acids is 1. The Morgan fingerprint density at radius 2 is 2.35 bits per heavy atom. The first-order chi connectivity index (χ1) is 8.09. The Labute approximate surface area is 101 Å². The van der Waals surface area contributed by atoms with Gasteiger partial charge >= 0.3 is 0 Å². The van der Waals surface area contributed by atoms with Crippen molar-refractivity contribution in [2.45, 2.75) is 20.0 Å². The minimum atomic E-state index is -0.509. The largest absolute Gasteiger partial charge is 0.391 e. The van der Waals surface area contributed by atoms with E-state index in [0.29, 0.717) is 0 Å². The standard InChI is InChI=1S/C13H18N2O2/c1-10(2)12(16)9-15-13(17)6-5-11-4-3-7-14-8-11/h3-8,10,12,16H,9H2,1-2H3,(H,15,17)/b6-5+. The van der Waals surface area contributed by atoms with Gasteiger partial charge in [0.15, 0.2) is 0 Å². The van der Waals surface area contributed by atoms with Crippen LogP contribution in [-0.4, -0.2) is 28.6 Å². The molecule has 1 atom stereocenters. The zero-order chi connectivity index (χ0) is 12.7. The molecule has 0 spiro atoms. The van der Waals surface area contributed by atoms with Gasteiger partial charge in [-0.15, -0.1) is 0 Å². The van der Waals surface area contributed by atoms with Crippen molar-refractivity contribution in [3.05, 3.63) is 36.2 Å². The number of amides is 1. The Morgan fingerprint density at radius 3 is 2.94 bits per heavy atom. The number of nitrogens with one attached hydrogen (secondary N) is 1. The van der Waals surface area contributed by atoms with Gasteiger partial charge in [-0.25, -0.2) is 0 Å². The fourth-order valence-corrected chi connectivity index (χ4v) is 1.15. The average Bonchev–Trinajstić information content (AvgIpc) is 2.34. The van der Waals surface area contributed by atoms with Gasteiger partial charge in [-0.3, -0.25) is 9.78 Å². The second-order valence-corrected chi connectivity index (χ2v) is 4.18. The topological polar surface area (TPSA) is 62.2 Å². The summed E-state index contributed by atoms with van der Waals surface area (Å²) >= 11 is 0. The number of aliphatic hydroxyl groups is 1. The van der Waals surface area contributed by atoms with Gasteiger partial charge in [0.2, 0.25) is 5.91 Å². The van der Waals surface area contributed by atoms with Gasteiger partial charge in [-0.2, -0.15) is 0 Å². The molecule has 0 fully saturated rings. The monoisotopic (exact) mass is 234 g/mol. The van der Waals surface area contributed by atoms with E-state index in [2.05, 4.69) is 10.3 Å². The summed E-state index contributed by atoms with van der Waals surface area (Å²) in [5.41, 5.74) is 0.868. The van der Waals surface area contributed by atoms with E-state index < -0.39 is 6.10 Å². The lowest BCUT2D eigenvalue weighted by atomic mass is 10.1. The second-order valence-electron chi connectivity index (χ2n) is 4.18. The van der Waals surface area contributed by atoms with Gasteiger partial charge in [0.05, 0.1) is 6.10 Å². The Bertz CT molecular complexity index is 374. The fourth-order valence-electron chi connectivity index (χ4n) is 1.15. The zero-order valence-corrected chi connectivity index (χ0v) is 10.1. The van der Waals surface area contributed by atoms with E-state index in [-0.39, 0.29) is 18.4 Å². The van der Waals surface area contributed by atoms with E-state index in [9.17, 15) is 9.90 Å². The predicted octanol–water partition coefficient (Wildman–Crippen LogP) is 1.23. The van der Waals surface area contributed by atoms with E-state index >= 15 is 0 Å². The van der Waals surface area contributed by atoms with Crippen LogP contribution in [0.3, 0.4) is 0 Å². The molecule has 1 aromatic heterocycles. The van der Waals surface area contributed by atoms with Gasteiger partial charge in [-0.05, 0) is 23.6 Å². The van der Waals surface area contributed by atoms with Crippen molar-refractivity contribution in [3.63, 3.8) is 0 Å². The Balaban J connectivity index is 2.37. The molecular weight excluding hydrogens is 216 g/mol. The molecule has 0 aliphatic heterocycles. The molecule has 1 amide bonds. The zero-order valence-electron chi connectivity index (χ0n) is 10.1. The molecule has 1 heterocycles. The summed E-state index contributed by atoms with van der Waals surface area (Å²) in [6.07, 6.45) is 5.96. The highest BCUT2D eigenvalue weighted by atomic mass is 16.3. The quantitative estimate of drug-likeness (QED) is 0.753. The van der Waals surface area contributed by atoms with Crippen LogP contribution in [0.4, 0.5) is 0 Å². The molecular formula is C13H18N2O2. The van der Waals surface area contributed by atoms with Crippen LogP contribution >= 0.6 is 0 Å². The summed E-state index contributed by atoms with van der Waals surface area (Å²) in [6.45, 7) is 4.08. The van der Waals surface area contributed by atoms with Crippen molar-refractivity contribution in [2.24, 2.45) is 5.92 Å². The number of nitrogens with zero attached hydrogens (tertiary/aromatic N) is 1. The lowest BCUT2D eigenvalue weighted by Gasteiger charge is -2.13. The average molecular weight is 234 g/mol. The molecule has 0 saturated carbocycles. The highest BCUT2D eigenvalue weighted by molar-refractivity contribution is 5.91.